The highest BCUT2D eigenvalue weighted by atomic mass is 16.5. The number of aryl methyl sites for hydroxylation is 1. The van der Waals surface area contributed by atoms with Gasteiger partial charge in [0.15, 0.2) is 17.0 Å². The number of hydrogen-bond acceptors (Lipinski definition) is 8. The fourth-order valence-electron chi connectivity index (χ4n) is 4.06. The summed E-state index contributed by atoms with van der Waals surface area (Å²) in [6.45, 7) is 21.0. The van der Waals surface area contributed by atoms with Gasteiger partial charge in [0.2, 0.25) is 0 Å². The van der Waals surface area contributed by atoms with Gasteiger partial charge in [-0.25, -0.2) is 9.97 Å². The topological polar surface area (TPSA) is 76.5 Å². The van der Waals surface area contributed by atoms with Crippen LogP contribution < -0.4 is 9.64 Å². The number of rotatable bonds is 10. The van der Waals surface area contributed by atoms with E-state index < -0.39 is 0 Å². The average molecular weight is 511 g/mol. The van der Waals surface area contributed by atoms with Gasteiger partial charge in [0.25, 0.3) is 0 Å². The van der Waals surface area contributed by atoms with Crippen LogP contribution in [-0.2, 0) is 4.74 Å². The lowest BCUT2D eigenvalue weighted by Crippen LogP contribution is -2.38. The molecule has 2 aromatic heterocycles. The third-order valence-corrected chi connectivity index (χ3v) is 5.71. The first kappa shape index (κ1) is 30.4. The minimum atomic E-state index is 0.362. The number of fused-ring (bicyclic) bond motifs is 1. The molecular weight excluding hydrogens is 464 g/mol. The van der Waals surface area contributed by atoms with Gasteiger partial charge in [-0.05, 0) is 25.8 Å². The van der Waals surface area contributed by atoms with Crippen molar-refractivity contribution in [3.8, 4) is 17.3 Å². The van der Waals surface area contributed by atoms with E-state index in [9.17, 15) is 0 Å². The fraction of sp³-hybridized carbons (Fsp3) is 0.586. The molecule has 1 saturated heterocycles. The van der Waals surface area contributed by atoms with Crippen LogP contribution in [0, 0.1) is 6.92 Å². The summed E-state index contributed by atoms with van der Waals surface area (Å²) in [7, 11) is 0. The van der Waals surface area contributed by atoms with Crippen molar-refractivity contribution in [1.29, 1.82) is 0 Å². The van der Waals surface area contributed by atoms with Crippen LogP contribution in [-0.4, -0.2) is 77.4 Å². The second kappa shape index (κ2) is 16.8. The zero-order chi connectivity index (χ0) is 27.0. The standard InChI is InChI=1S/C25H34N6O2.2C2H6/c1-4-9-31(10-5-2)24-22-23(26-18-21(27-22)20-8-6-7-19(3)17-20)28-25(29-24)33-16-13-30-11-14-32-15-12-30;2*1-2/h6-8,17-18H,4-5,9-16H2,1-3H3;2*1-2H3. The van der Waals surface area contributed by atoms with E-state index in [0.717, 1.165) is 81.4 Å². The number of benzene rings is 1. The van der Waals surface area contributed by atoms with Crippen LogP contribution in [0.1, 0.15) is 59.9 Å². The first-order valence-electron chi connectivity index (χ1n) is 14.0. The van der Waals surface area contributed by atoms with Gasteiger partial charge >= 0.3 is 6.01 Å². The van der Waals surface area contributed by atoms with Gasteiger partial charge in [0, 0.05) is 38.3 Å². The Labute approximate surface area is 223 Å². The third-order valence-electron chi connectivity index (χ3n) is 5.71. The number of aromatic nitrogens is 4. The van der Waals surface area contributed by atoms with Crippen molar-refractivity contribution in [2.24, 2.45) is 0 Å². The zero-order valence-electron chi connectivity index (χ0n) is 24.0. The summed E-state index contributed by atoms with van der Waals surface area (Å²) in [5, 5.41) is 0. The van der Waals surface area contributed by atoms with E-state index >= 15 is 0 Å². The van der Waals surface area contributed by atoms with Crippen molar-refractivity contribution < 1.29 is 9.47 Å². The number of anilines is 1. The Balaban J connectivity index is 0.00000115. The Morgan fingerprint density at radius 2 is 1.68 bits per heavy atom. The van der Waals surface area contributed by atoms with Crippen LogP contribution in [0.25, 0.3) is 22.4 Å². The van der Waals surface area contributed by atoms with Gasteiger partial charge in [0.05, 0.1) is 25.1 Å². The minimum absolute atomic E-state index is 0.362. The summed E-state index contributed by atoms with van der Waals surface area (Å²) in [6.07, 6.45) is 3.82. The van der Waals surface area contributed by atoms with E-state index in [1.54, 1.807) is 6.20 Å². The van der Waals surface area contributed by atoms with E-state index in [1.165, 1.54) is 5.56 Å². The quantitative estimate of drug-likeness (QED) is 0.339. The highest BCUT2D eigenvalue weighted by molar-refractivity contribution is 5.85. The summed E-state index contributed by atoms with van der Waals surface area (Å²) in [4.78, 5) is 23.6. The summed E-state index contributed by atoms with van der Waals surface area (Å²) in [5.41, 5.74) is 4.34. The van der Waals surface area contributed by atoms with E-state index in [0.29, 0.717) is 18.3 Å². The molecule has 8 nitrogen and oxygen atoms in total. The Kier molecular flexibility index (Phi) is 13.8. The van der Waals surface area contributed by atoms with Gasteiger partial charge in [-0.3, -0.25) is 4.90 Å². The van der Waals surface area contributed by atoms with Gasteiger partial charge in [-0.1, -0.05) is 65.3 Å². The van der Waals surface area contributed by atoms with Crippen LogP contribution in [0.3, 0.4) is 0 Å². The van der Waals surface area contributed by atoms with Gasteiger partial charge in [-0.15, -0.1) is 0 Å². The molecule has 37 heavy (non-hydrogen) atoms. The Morgan fingerprint density at radius 3 is 2.32 bits per heavy atom. The number of nitrogens with zero attached hydrogens (tertiary/aromatic N) is 6. The second-order valence-corrected chi connectivity index (χ2v) is 8.42. The molecule has 0 saturated carbocycles. The zero-order valence-corrected chi connectivity index (χ0v) is 24.0. The highest BCUT2D eigenvalue weighted by Crippen LogP contribution is 2.27. The average Bonchev–Trinajstić information content (AvgIpc) is 2.95. The van der Waals surface area contributed by atoms with Crippen molar-refractivity contribution >= 4 is 17.0 Å². The molecule has 3 heterocycles. The summed E-state index contributed by atoms with van der Waals surface area (Å²) in [6, 6.07) is 8.66. The van der Waals surface area contributed by atoms with Crippen LogP contribution in [0.2, 0.25) is 0 Å². The smallest absolute Gasteiger partial charge is 0.320 e. The van der Waals surface area contributed by atoms with Gasteiger partial charge in [-0.2, -0.15) is 9.97 Å². The molecule has 0 radical (unpaired) electrons. The van der Waals surface area contributed by atoms with Crippen LogP contribution in [0.15, 0.2) is 30.5 Å². The molecule has 3 aromatic rings. The minimum Gasteiger partial charge on any atom is -0.462 e. The fourth-order valence-corrected chi connectivity index (χ4v) is 4.06. The molecule has 4 rings (SSSR count). The maximum Gasteiger partial charge on any atom is 0.320 e. The number of morpholine rings is 1. The first-order valence-corrected chi connectivity index (χ1v) is 14.0. The maximum atomic E-state index is 6.00. The molecule has 0 unspecified atom stereocenters. The molecule has 204 valence electrons. The Bertz CT molecular complexity index is 1050. The molecule has 1 aliphatic rings. The van der Waals surface area contributed by atoms with Crippen molar-refractivity contribution in [3.63, 3.8) is 0 Å². The monoisotopic (exact) mass is 510 g/mol. The molecule has 0 bridgehead atoms. The van der Waals surface area contributed by atoms with E-state index in [2.05, 4.69) is 58.7 Å². The van der Waals surface area contributed by atoms with Gasteiger partial charge in [0.1, 0.15) is 6.61 Å². The Morgan fingerprint density at radius 1 is 0.973 bits per heavy atom. The molecule has 8 heteroatoms. The molecular formula is C29H46N6O2. The third kappa shape index (κ3) is 8.90. The van der Waals surface area contributed by atoms with Crippen molar-refractivity contribution in [3.05, 3.63) is 36.0 Å². The predicted molar refractivity (Wildman–Crippen MR) is 154 cm³/mol. The summed E-state index contributed by atoms with van der Waals surface area (Å²) in [5.74, 6) is 0.798. The molecule has 0 spiro atoms. The van der Waals surface area contributed by atoms with Crippen molar-refractivity contribution in [2.75, 3.05) is 57.4 Å². The van der Waals surface area contributed by atoms with Crippen molar-refractivity contribution in [1.82, 2.24) is 24.8 Å². The van der Waals surface area contributed by atoms with Gasteiger partial charge < -0.3 is 14.4 Å². The predicted octanol–water partition coefficient (Wildman–Crippen LogP) is 5.79. The van der Waals surface area contributed by atoms with E-state index in [1.807, 2.05) is 33.8 Å². The highest BCUT2D eigenvalue weighted by Gasteiger charge is 2.18. The summed E-state index contributed by atoms with van der Waals surface area (Å²) >= 11 is 0. The van der Waals surface area contributed by atoms with E-state index in [4.69, 9.17) is 19.4 Å². The molecule has 0 N–H and O–H groups in total. The molecule has 1 fully saturated rings. The lowest BCUT2D eigenvalue weighted by atomic mass is 10.1. The first-order chi connectivity index (χ1) is 18.2. The summed E-state index contributed by atoms with van der Waals surface area (Å²) < 4.78 is 11.4. The number of ether oxygens (including phenoxy) is 2. The van der Waals surface area contributed by atoms with Crippen molar-refractivity contribution in [2.45, 2.75) is 61.3 Å². The van der Waals surface area contributed by atoms with Crippen LogP contribution in [0.5, 0.6) is 6.01 Å². The SMILES string of the molecule is CC.CC.CCCN(CCC)c1nc(OCCN2CCOCC2)nc2ncc(-c3cccc(C)c3)nc12. The molecule has 1 aromatic carbocycles. The van der Waals surface area contributed by atoms with E-state index in [-0.39, 0.29) is 0 Å². The molecule has 0 amide bonds. The number of hydrogen-bond donors (Lipinski definition) is 0. The largest absolute Gasteiger partial charge is 0.462 e. The normalized spacial score (nSPS) is 13.3. The Hall–Kier alpha value is -2.84. The maximum absolute atomic E-state index is 6.00. The lowest BCUT2D eigenvalue weighted by molar-refractivity contribution is 0.0317. The molecule has 1 aliphatic heterocycles. The molecule has 0 aliphatic carbocycles. The van der Waals surface area contributed by atoms with Crippen LogP contribution in [0.4, 0.5) is 5.82 Å². The molecule has 0 atom stereocenters. The second-order valence-electron chi connectivity index (χ2n) is 8.42. The van der Waals surface area contributed by atoms with Crippen LogP contribution >= 0.6 is 0 Å². The lowest BCUT2D eigenvalue weighted by Gasteiger charge is -2.26.